The summed E-state index contributed by atoms with van der Waals surface area (Å²) in [5, 5.41) is 0. The number of alkyl halides is 6. The van der Waals surface area contributed by atoms with Crippen molar-refractivity contribution in [2.75, 3.05) is 0 Å². The van der Waals surface area contributed by atoms with Crippen LogP contribution in [0.1, 0.15) is 83.1 Å². The van der Waals surface area contributed by atoms with Crippen LogP contribution in [0.5, 0.6) is 5.75 Å². The van der Waals surface area contributed by atoms with E-state index in [0.717, 1.165) is 48.3 Å². The lowest BCUT2D eigenvalue weighted by Crippen LogP contribution is -2.45. The maximum Gasteiger partial charge on any atom is 0.439 e. The van der Waals surface area contributed by atoms with Gasteiger partial charge in [0.15, 0.2) is 0 Å². The zero-order valence-corrected chi connectivity index (χ0v) is 19.8. The molecular weight excluding hydrogens is 454 g/mol. The molecule has 34 heavy (non-hydrogen) atoms. The van der Waals surface area contributed by atoms with E-state index in [0.29, 0.717) is 5.92 Å². The molecule has 1 nitrogen and oxygen atoms in total. The Balaban J connectivity index is 1.43. The smallest absolute Gasteiger partial charge is 0.430 e. The first kappa shape index (κ1) is 26.9. The largest absolute Gasteiger partial charge is 0.439 e. The van der Waals surface area contributed by atoms with Gasteiger partial charge in [-0.25, -0.2) is 4.39 Å². The Morgan fingerprint density at radius 1 is 0.882 bits per heavy atom. The summed E-state index contributed by atoms with van der Waals surface area (Å²) in [6, 6.07) is 5.21. The normalized spacial score (nSPS) is 27.6. The topological polar surface area (TPSA) is 9.23 Å². The summed E-state index contributed by atoms with van der Waals surface area (Å²) >= 11 is 0. The first-order valence-electron chi connectivity index (χ1n) is 12.6. The van der Waals surface area contributed by atoms with Gasteiger partial charge in [0.1, 0.15) is 5.75 Å². The Morgan fingerprint density at radius 3 is 1.97 bits per heavy atom. The Labute approximate surface area is 199 Å². The van der Waals surface area contributed by atoms with Crippen molar-refractivity contribution in [2.45, 2.75) is 96.0 Å². The van der Waals surface area contributed by atoms with Crippen LogP contribution < -0.4 is 4.74 Å². The van der Waals surface area contributed by atoms with Gasteiger partial charge in [0, 0.05) is 0 Å². The lowest BCUT2D eigenvalue weighted by molar-refractivity contribution is -0.304. The van der Waals surface area contributed by atoms with Gasteiger partial charge in [-0.3, -0.25) is 0 Å². The van der Waals surface area contributed by atoms with E-state index in [4.69, 9.17) is 0 Å². The average molecular weight is 491 g/mol. The molecule has 2 aliphatic carbocycles. The Kier molecular flexibility index (Phi) is 9.39. The van der Waals surface area contributed by atoms with Gasteiger partial charge in [0.25, 0.3) is 6.17 Å². The molecule has 7 heteroatoms. The van der Waals surface area contributed by atoms with E-state index in [1.807, 2.05) is 6.08 Å². The van der Waals surface area contributed by atoms with Gasteiger partial charge < -0.3 is 4.74 Å². The van der Waals surface area contributed by atoms with Crippen LogP contribution >= 0.6 is 0 Å². The van der Waals surface area contributed by atoms with Gasteiger partial charge in [-0.05, 0) is 79.9 Å². The molecule has 3 rings (SSSR count). The van der Waals surface area contributed by atoms with Gasteiger partial charge in [0.05, 0.1) is 0 Å². The summed E-state index contributed by atoms with van der Waals surface area (Å²) in [7, 11) is 0. The van der Waals surface area contributed by atoms with Crippen molar-refractivity contribution in [3.05, 3.63) is 35.9 Å². The van der Waals surface area contributed by atoms with Crippen molar-refractivity contribution < 1.29 is 31.1 Å². The van der Waals surface area contributed by atoms with Crippen LogP contribution in [-0.4, -0.2) is 18.5 Å². The van der Waals surface area contributed by atoms with Crippen molar-refractivity contribution in [2.24, 2.45) is 23.7 Å². The van der Waals surface area contributed by atoms with Gasteiger partial charge in [-0.15, -0.1) is 0 Å². The van der Waals surface area contributed by atoms with E-state index in [2.05, 4.69) is 17.7 Å². The number of rotatable bonds is 9. The molecule has 0 N–H and O–H groups in total. The maximum atomic E-state index is 13.4. The lowest BCUT2D eigenvalue weighted by Gasteiger charge is -2.37. The molecule has 0 amide bonds. The van der Waals surface area contributed by atoms with Crippen molar-refractivity contribution in [1.82, 2.24) is 0 Å². The molecule has 0 saturated heterocycles. The molecule has 2 aliphatic rings. The van der Waals surface area contributed by atoms with Crippen LogP contribution in [0.2, 0.25) is 0 Å². The highest BCUT2D eigenvalue weighted by atomic mass is 19.4. The van der Waals surface area contributed by atoms with E-state index in [-0.39, 0.29) is 0 Å². The summed E-state index contributed by atoms with van der Waals surface area (Å²) in [4.78, 5) is 0. The second-order valence-electron chi connectivity index (χ2n) is 10.1. The molecule has 1 atom stereocenters. The van der Waals surface area contributed by atoms with E-state index in [1.165, 1.54) is 69.9 Å². The maximum absolute atomic E-state index is 13.4. The number of halogens is 6. The predicted octanol–water partition coefficient (Wildman–Crippen LogP) is 9.37. The van der Waals surface area contributed by atoms with Crippen LogP contribution in [0.4, 0.5) is 26.3 Å². The first-order chi connectivity index (χ1) is 16.1. The fraction of sp³-hybridized carbons (Fsp3) is 0.704. The predicted molar refractivity (Wildman–Crippen MR) is 122 cm³/mol. The molecule has 1 aromatic rings. The Hall–Kier alpha value is -1.66. The standard InChI is InChI=1S/C27H36F6O/c1-2-3-4-19-7-13-22(14-8-19)23-15-9-20(10-16-23)5-6-21-11-17-24(18-12-21)34-27(32,33)25(28)26(29,30)31/h5-6,11-12,17-20,22-23,25H,2-4,7-10,13-16H2,1H3. The summed E-state index contributed by atoms with van der Waals surface area (Å²) in [5.74, 6) is 2.58. The number of hydrogen-bond donors (Lipinski definition) is 0. The van der Waals surface area contributed by atoms with Crippen molar-refractivity contribution in [3.63, 3.8) is 0 Å². The van der Waals surface area contributed by atoms with E-state index < -0.39 is 24.2 Å². The van der Waals surface area contributed by atoms with Crippen LogP contribution in [0.15, 0.2) is 30.3 Å². The zero-order chi connectivity index (χ0) is 24.8. The van der Waals surface area contributed by atoms with Crippen LogP contribution in [-0.2, 0) is 0 Å². The molecule has 2 saturated carbocycles. The third-order valence-corrected chi connectivity index (χ3v) is 7.62. The lowest BCUT2D eigenvalue weighted by atomic mass is 9.68. The van der Waals surface area contributed by atoms with Crippen LogP contribution in [0, 0.1) is 23.7 Å². The highest BCUT2D eigenvalue weighted by molar-refractivity contribution is 5.50. The second kappa shape index (κ2) is 11.9. The Morgan fingerprint density at radius 2 is 1.44 bits per heavy atom. The van der Waals surface area contributed by atoms with Crippen molar-refractivity contribution >= 4 is 6.08 Å². The van der Waals surface area contributed by atoms with Gasteiger partial charge in [-0.1, -0.05) is 63.3 Å². The molecule has 2 fully saturated rings. The quantitative estimate of drug-likeness (QED) is 0.313. The number of allylic oxidation sites excluding steroid dienone is 1. The SMILES string of the molecule is CCCCC1CCC(C2CCC(C=Cc3ccc(OC(F)(F)C(F)C(F)(F)F)cc3)CC2)CC1. The molecule has 0 aliphatic heterocycles. The van der Waals surface area contributed by atoms with Gasteiger partial charge >= 0.3 is 12.3 Å². The molecular formula is C27H36F6O. The minimum absolute atomic E-state index is 0.469. The van der Waals surface area contributed by atoms with Crippen LogP contribution in [0.25, 0.3) is 6.08 Å². The summed E-state index contributed by atoms with van der Waals surface area (Å²) < 4.78 is 80.4. The van der Waals surface area contributed by atoms with Crippen LogP contribution in [0.3, 0.4) is 0 Å². The zero-order valence-electron chi connectivity index (χ0n) is 19.8. The molecule has 0 radical (unpaired) electrons. The molecule has 0 bridgehead atoms. The molecule has 0 spiro atoms. The minimum atomic E-state index is -5.70. The monoisotopic (exact) mass is 490 g/mol. The summed E-state index contributed by atoms with van der Waals surface area (Å²) in [6.45, 7) is 2.26. The first-order valence-corrected chi connectivity index (χ1v) is 12.6. The number of unbranched alkanes of at least 4 members (excludes halogenated alkanes) is 1. The molecule has 0 aromatic heterocycles. The fourth-order valence-electron chi connectivity index (χ4n) is 5.54. The van der Waals surface area contributed by atoms with Crippen molar-refractivity contribution in [1.29, 1.82) is 0 Å². The fourth-order valence-corrected chi connectivity index (χ4v) is 5.54. The number of benzene rings is 1. The number of ether oxygens (including phenoxy) is 1. The van der Waals surface area contributed by atoms with Gasteiger partial charge in [0.2, 0.25) is 0 Å². The summed E-state index contributed by atoms with van der Waals surface area (Å²) in [6.07, 6.45) is 3.28. The molecule has 192 valence electrons. The summed E-state index contributed by atoms with van der Waals surface area (Å²) in [5.41, 5.74) is 0.732. The van der Waals surface area contributed by atoms with Gasteiger partial charge in [-0.2, -0.15) is 22.0 Å². The highest BCUT2D eigenvalue weighted by Gasteiger charge is 2.59. The molecule has 1 unspecified atom stereocenters. The third kappa shape index (κ3) is 7.67. The minimum Gasteiger partial charge on any atom is -0.430 e. The second-order valence-corrected chi connectivity index (χ2v) is 10.1. The van der Waals surface area contributed by atoms with E-state index >= 15 is 0 Å². The third-order valence-electron chi connectivity index (χ3n) is 7.62. The molecule has 0 heterocycles. The van der Waals surface area contributed by atoms with Crippen molar-refractivity contribution in [3.8, 4) is 5.75 Å². The van der Waals surface area contributed by atoms with E-state index in [9.17, 15) is 26.3 Å². The highest BCUT2D eigenvalue weighted by Crippen LogP contribution is 2.42. The Bertz CT molecular complexity index is 756. The van der Waals surface area contributed by atoms with E-state index in [1.54, 1.807) is 0 Å². The molecule has 1 aromatic carbocycles. The average Bonchev–Trinajstić information content (AvgIpc) is 2.82. The number of hydrogen-bond acceptors (Lipinski definition) is 1.